The summed E-state index contributed by atoms with van der Waals surface area (Å²) in [7, 11) is 0. The van der Waals surface area contributed by atoms with Crippen molar-refractivity contribution in [3.8, 4) is 0 Å². The molecule has 1 aromatic heterocycles. The molecule has 1 rings (SSSR count). The van der Waals surface area contributed by atoms with Crippen molar-refractivity contribution in [1.82, 2.24) is 15.3 Å². The standard InChI is InChI=1S/C9H13N3O2S/c1-3-10-8(14)6(2)15-9-11-5-4-7(13)12-9/h4-6H,3H2,1-2H3,(H,10,14)(H,11,12,13)/t6-/m0/s1. The summed E-state index contributed by atoms with van der Waals surface area (Å²) < 4.78 is 0. The van der Waals surface area contributed by atoms with Crippen molar-refractivity contribution < 1.29 is 4.79 Å². The maximum Gasteiger partial charge on any atom is 0.251 e. The van der Waals surface area contributed by atoms with Crippen molar-refractivity contribution in [3.05, 3.63) is 22.6 Å². The molecule has 0 aliphatic carbocycles. The van der Waals surface area contributed by atoms with Crippen LogP contribution < -0.4 is 10.9 Å². The van der Waals surface area contributed by atoms with Gasteiger partial charge in [0.1, 0.15) is 0 Å². The van der Waals surface area contributed by atoms with Gasteiger partial charge in [-0.05, 0) is 13.8 Å². The van der Waals surface area contributed by atoms with Crippen LogP contribution in [0.15, 0.2) is 22.2 Å². The zero-order valence-corrected chi connectivity index (χ0v) is 9.43. The lowest BCUT2D eigenvalue weighted by atomic mass is 10.4. The molecule has 5 nitrogen and oxygen atoms in total. The molecule has 0 aromatic carbocycles. The van der Waals surface area contributed by atoms with Gasteiger partial charge in [-0.15, -0.1) is 0 Å². The monoisotopic (exact) mass is 227 g/mol. The number of carbonyl (C=O) groups is 1. The number of nitrogens with one attached hydrogen (secondary N) is 2. The second kappa shape index (κ2) is 5.55. The van der Waals surface area contributed by atoms with Gasteiger partial charge in [0.2, 0.25) is 5.91 Å². The Bertz CT molecular complexity index is 391. The molecule has 0 aliphatic rings. The van der Waals surface area contributed by atoms with E-state index in [-0.39, 0.29) is 16.7 Å². The van der Waals surface area contributed by atoms with E-state index in [0.717, 1.165) is 0 Å². The number of rotatable bonds is 4. The van der Waals surface area contributed by atoms with E-state index >= 15 is 0 Å². The lowest BCUT2D eigenvalue weighted by Crippen LogP contribution is -2.30. The van der Waals surface area contributed by atoms with Gasteiger partial charge in [0.25, 0.3) is 5.56 Å². The Balaban J connectivity index is 2.62. The van der Waals surface area contributed by atoms with Crippen LogP contribution in [-0.4, -0.2) is 27.7 Å². The summed E-state index contributed by atoms with van der Waals surface area (Å²) in [6.45, 7) is 4.23. The number of H-pyrrole nitrogens is 1. The van der Waals surface area contributed by atoms with E-state index in [9.17, 15) is 9.59 Å². The maximum absolute atomic E-state index is 11.4. The number of amides is 1. The molecular formula is C9H13N3O2S. The SMILES string of the molecule is CCNC(=O)[C@H](C)Sc1nccc(=O)[nH]1. The third-order valence-corrected chi connectivity index (χ3v) is 2.65. The predicted octanol–water partition coefficient (Wildman–Crippen LogP) is 0.387. The van der Waals surface area contributed by atoms with Crippen LogP contribution >= 0.6 is 11.8 Å². The molecule has 82 valence electrons. The number of thioether (sulfide) groups is 1. The molecule has 15 heavy (non-hydrogen) atoms. The van der Waals surface area contributed by atoms with Crippen molar-refractivity contribution in [3.63, 3.8) is 0 Å². The van der Waals surface area contributed by atoms with E-state index in [2.05, 4.69) is 15.3 Å². The minimum Gasteiger partial charge on any atom is -0.355 e. The quantitative estimate of drug-likeness (QED) is 0.576. The Hall–Kier alpha value is -1.30. The molecule has 0 saturated carbocycles. The molecule has 2 N–H and O–H groups in total. The van der Waals surface area contributed by atoms with E-state index < -0.39 is 0 Å². The van der Waals surface area contributed by atoms with Gasteiger partial charge in [-0.3, -0.25) is 9.59 Å². The van der Waals surface area contributed by atoms with Gasteiger partial charge < -0.3 is 10.3 Å². The smallest absolute Gasteiger partial charge is 0.251 e. The molecule has 1 aromatic rings. The normalized spacial score (nSPS) is 12.1. The Morgan fingerprint density at radius 3 is 3.07 bits per heavy atom. The van der Waals surface area contributed by atoms with Crippen LogP contribution in [0.5, 0.6) is 0 Å². The van der Waals surface area contributed by atoms with E-state index in [1.54, 1.807) is 6.92 Å². The first-order chi connectivity index (χ1) is 7.13. The molecule has 0 unspecified atom stereocenters. The van der Waals surface area contributed by atoms with Gasteiger partial charge in [0, 0.05) is 18.8 Å². The molecule has 1 heterocycles. The molecular weight excluding hydrogens is 214 g/mol. The van der Waals surface area contributed by atoms with Crippen molar-refractivity contribution >= 4 is 17.7 Å². The average molecular weight is 227 g/mol. The number of aromatic nitrogens is 2. The van der Waals surface area contributed by atoms with Crippen molar-refractivity contribution in [2.75, 3.05) is 6.54 Å². The van der Waals surface area contributed by atoms with E-state index in [0.29, 0.717) is 11.7 Å². The van der Waals surface area contributed by atoms with Crippen LogP contribution in [0.1, 0.15) is 13.8 Å². The van der Waals surface area contributed by atoms with E-state index in [1.807, 2.05) is 6.92 Å². The first-order valence-corrected chi connectivity index (χ1v) is 5.51. The number of nitrogens with zero attached hydrogens (tertiary/aromatic N) is 1. The first kappa shape index (κ1) is 11.8. The van der Waals surface area contributed by atoms with Crippen LogP contribution in [0.25, 0.3) is 0 Å². The molecule has 0 fully saturated rings. The van der Waals surface area contributed by atoms with Gasteiger partial charge in [-0.25, -0.2) is 4.98 Å². The summed E-state index contributed by atoms with van der Waals surface area (Å²) in [4.78, 5) is 28.8. The summed E-state index contributed by atoms with van der Waals surface area (Å²) in [6, 6.07) is 1.33. The minimum atomic E-state index is -0.268. The van der Waals surface area contributed by atoms with Gasteiger partial charge in [0.05, 0.1) is 5.25 Å². The average Bonchev–Trinajstić information content (AvgIpc) is 2.18. The highest BCUT2D eigenvalue weighted by Gasteiger charge is 2.14. The second-order valence-corrected chi connectivity index (χ2v) is 4.22. The van der Waals surface area contributed by atoms with Gasteiger partial charge >= 0.3 is 0 Å². The molecule has 0 bridgehead atoms. The molecule has 1 atom stereocenters. The van der Waals surface area contributed by atoms with Crippen molar-refractivity contribution in [2.24, 2.45) is 0 Å². The highest BCUT2D eigenvalue weighted by Crippen LogP contribution is 2.17. The molecule has 0 aliphatic heterocycles. The molecule has 0 spiro atoms. The Morgan fingerprint density at radius 2 is 2.47 bits per heavy atom. The van der Waals surface area contributed by atoms with Crippen molar-refractivity contribution in [1.29, 1.82) is 0 Å². The second-order valence-electron chi connectivity index (χ2n) is 2.89. The highest BCUT2D eigenvalue weighted by molar-refractivity contribution is 8.00. The number of carbonyl (C=O) groups excluding carboxylic acids is 1. The fourth-order valence-corrected chi connectivity index (χ4v) is 1.76. The summed E-state index contributed by atoms with van der Waals surface area (Å²) in [5.74, 6) is -0.0611. The van der Waals surface area contributed by atoms with Crippen LogP contribution in [0.2, 0.25) is 0 Å². The third-order valence-electron chi connectivity index (χ3n) is 1.66. The zero-order chi connectivity index (χ0) is 11.3. The maximum atomic E-state index is 11.4. The van der Waals surface area contributed by atoms with Crippen molar-refractivity contribution in [2.45, 2.75) is 24.3 Å². The molecule has 0 saturated heterocycles. The third kappa shape index (κ3) is 3.75. The predicted molar refractivity (Wildman–Crippen MR) is 58.9 cm³/mol. The largest absolute Gasteiger partial charge is 0.355 e. The molecule has 0 radical (unpaired) electrons. The number of hydrogen-bond acceptors (Lipinski definition) is 4. The lowest BCUT2D eigenvalue weighted by molar-refractivity contribution is -0.120. The number of aromatic amines is 1. The minimum absolute atomic E-state index is 0.0611. The van der Waals surface area contributed by atoms with Crippen LogP contribution in [0, 0.1) is 0 Å². The number of hydrogen-bond donors (Lipinski definition) is 2. The zero-order valence-electron chi connectivity index (χ0n) is 8.61. The molecule has 1 amide bonds. The van der Waals surface area contributed by atoms with Gasteiger partial charge in [0.15, 0.2) is 5.16 Å². The van der Waals surface area contributed by atoms with E-state index in [1.165, 1.54) is 24.0 Å². The van der Waals surface area contributed by atoms with Gasteiger partial charge in [-0.1, -0.05) is 11.8 Å². The Kier molecular flexibility index (Phi) is 4.36. The first-order valence-electron chi connectivity index (χ1n) is 4.63. The van der Waals surface area contributed by atoms with Crippen LogP contribution in [0.3, 0.4) is 0 Å². The summed E-state index contributed by atoms with van der Waals surface area (Å²) in [5.41, 5.74) is -0.212. The van der Waals surface area contributed by atoms with Gasteiger partial charge in [-0.2, -0.15) is 0 Å². The fourth-order valence-electron chi connectivity index (χ4n) is 0.951. The Morgan fingerprint density at radius 1 is 1.73 bits per heavy atom. The fraction of sp³-hybridized carbons (Fsp3) is 0.444. The lowest BCUT2D eigenvalue weighted by Gasteiger charge is -2.09. The topological polar surface area (TPSA) is 74.8 Å². The summed E-state index contributed by atoms with van der Waals surface area (Å²) in [6.07, 6.45) is 1.42. The molecule has 6 heteroatoms. The Labute approximate surface area is 91.7 Å². The highest BCUT2D eigenvalue weighted by atomic mass is 32.2. The summed E-state index contributed by atoms with van der Waals surface area (Å²) >= 11 is 1.23. The van der Waals surface area contributed by atoms with Crippen LogP contribution in [0.4, 0.5) is 0 Å². The van der Waals surface area contributed by atoms with Crippen LogP contribution in [-0.2, 0) is 4.79 Å². The summed E-state index contributed by atoms with van der Waals surface area (Å²) in [5, 5.41) is 2.89. The van der Waals surface area contributed by atoms with E-state index in [4.69, 9.17) is 0 Å².